The number of esters is 1. The molecule has 0 radical (unpaired) electrons. The van der Waals surface area contributed by atoms with E-state index in [2.05, 4.69) is 0 Å². The Labute approximate surface area is 202 Å². The van der Waals surface area contributed by atoms with Crippen LogP contribution in [0, 0.1) is 0 Å². The first-order chi connectivity index (χ1) is 16.5. The maximum Gasteiger partial charge on any atom is 0.514 e. The minimum Gasteiger partial charge on any atom is -0.493 e. The third kappa shape index (κ3) is 4.51. The van der Waals surface area contributed by atoms with Gasteiger partial charge in [-0.15, -0.1) is 0 Å². The van der Waals surface area contributed by atoms with Gasteiger partial charge in [0.15, 0.2) is 17.3 Å². The monoisotopic (exact) mass is 478 g/mol. The van der Waals surface area contributed by atoms with E-state index < -0.39 is 17.7 Å². The number of carbonyl (C=O) groups is 3. The Morgan fingerprint density at radius 2 is 1.51 bits per heavy atom. The van der Waals surface area contributed by atoms with E-state index in [1.807, 2.05) is 0 Å². The predicted octanol–water partition coefficient (Wildman–Crippen LogP) is 5.71. The first-order valence-corrected chi connectivity index (χ1v) is 11.0. The van der Waals surface area contributed by atoms with Crippen LogP contribution in [0.15, 0.2) is 36.4 Å². The molecule has 3 aromatic carbocycles. The van der Waals surface area contributed by atoms with E-state index in [1.165, 1.54) is 21.1 Å². The Balaban J connectivity index is 2.04. The molecule has 0 atom stereocenters. The summed E-state index contributed by atoms with van der Waals surface area (Å²) in [5.74, 6) is 0.378. The molecule has 0 saturated carbocycles. The van der Waals surface area contributed by atoms with Crippen LogP contribution in [0.25, 0.3) is 21.9 Å². The molecule has 8 nitrogen and oxygen atoms in total. The molecule has 182 valence electrons. The number of ketones is 1. The van der Waals surface area contributed by atoms with Crippen LogP contribution in [0.5, 0.6) is 17.2 Å². The van der Waals surface area contributed by atoms with Gasteiger partial charge in [0.2, 0.25) is 0 Å². The lowest BCUT2D eigenvalue weighted by molar-refractivity contribution is 0.0206. The molecule has 0 bridgehead atoms. The number of hydrogen-bond acceptors (Lipinski definition) is 8. The van der Waals surface area contributed by atoms with Gasteiger partial charge in [0.1, 0.15) is 18.0 Å². The van der Waals surface area contributed by atoms with Gasteiger partial charge in [0, 0.05) is 22.1 Å². The SMILES string of the molecule is COc1cc2c(OC(=O)OC(C)(C)C)c3c(c(-c4ccc(C(C)=O)cc4)c2cc1OC)C(=O)OC3. The summed E-state index contributed by atoms with van der Waals surface area (Å²) in [5.41, 5.74) is 1.73. The maximum atomic E-state index is 12.9. The number of ether oxygens (including phenoxy) is 5. The van der Waals surface area contributed by atoms with Crippen molar-refractivity contribution in [2.45, 2.75) is 39.9 Å². The number of cyclic esters (lactones) is 1. The number of rotatable bonds is 5. The molecule has 8 heteroatoms. The highest BCUT2D eigenvalue weighted by molar-refractivity contribution is 6.14. The van der Waals surface area contributed by atoms with Gasteiger partial charge in [-0.2, -0.15) is 0 Å². The molecule has 0 unspecified atom stereocenters. The molecule has 0 aliphatic carbocycles. The minimum atomic E-state index is -0.909. The Morgan fingerprint density at radius 1 is 0.914 bits per heavy atom. The summed E-state index contributed by atoms with van der Waals surface area (Å²) < 4.78 is 27.4. The lowest BCUT2D eigenvalue weighted by Crippen LogP contribution is -2.26. The van der Waals surface area contributed by atoms with E-state index in [9.17, 15) is 14.4 Å². The fourth-order valence-electron chi connectivity index (χ4n) is 4.05. The van der Waals surface area contributed by atoms with Crippen LogP contribution in [-0.2, 0) is 16.1 Å². The number of benzene rings is 3. The summed E-state index contributed by atoms with van der Waals surface area (Å²) in [6, 6.07) is 10.3. The zero-order valence-electron chi connectivity index (χ0n) is 20.4. The molecule has 4 rings (SSSR count). The largest absolute Gasteiger partial charge is 0.514 e. The van der Waals surface area contributed by atoms with Crippen LogP contribution < -0.4 is 14.2 Å². The third-order valence-electron chi connectivity index (χ3n) is 5.57. The van der Waals surface area contributed by atoms with Gasteiger partial charge in [-0.3, -0.25) is 4.79 Å². The van der Waals surface area contributed by atoms with Crippen molar-refractivity contribution in [2.75, 3.05) is 14.2 Å². The van der Waals surface area contributed by atoms with Gasteiger partial charge in [-0.1, -0.05) is 24.3 Å². The number of Topliss-reactive ketones (excluding diaryl/α,β-unsaturated/α-hetero) is 1. The first kappa shape index (κ1) is 24.1. The third-order valence-corrected chi connectivity index (χ3v) is 5.57. The summed E-state index contributed by atoms with van der Waals surface area (Å²) in [6.45, 7) is 6.59. The highest BCUT2D eigenvalue weighted by atomic mass is 16.7. The molecule has 0 saturated heterocycles. The Morgan fingerprint density at radius 3 is 2.06 bits per heavy atom. The molecule has 0 N–H and O–H groups in total. The summed E-state index contributed by atoms with van der Waals surface area (Å²) >= 11 is 0. The summed E-state index contributed by atoms with van der Waals surface area (Å²) in [4.78, 5) is 37.3. The van der Waals surface area contributed by atoms with Gasteiger partial charge in [-0.05, 0) is 50.8 Å². The van der Waals surface area contributed by atoms with Gasteiger partial charge < -0.3 is 23.7 Å². The average Bonchev–Trinajstić information content (AvgIpc) is 3.18. The molecule has 1 heterocycles. The fourth-order valence-corrected chi connectivity index (χ4v) is 4.05. The molecule has 3 aromatic rings. The molecule has 1 aliphatic heterocycles. The van der Waals surface area contributed by atoms with Crippen molar-refractivity contribution in [3.05, 3.63) is 53.1 Å². The quantitative estimate of drug-likeness (QED) is 0.261. The van der Waals surface area contributed by atoms with Crippen molar-refractivity contribution >= 4 is 28.7 Å². The van der Waals surface area contributed by atoms with E-state index in [1.54, 1.807) is 57.2 Å². The van der Waals surface area contributed by atoms with Gasteiger partial charge in [-0.25, -0.2) is 9.59 Å². The predicted molar refractivity (Wildman–Crippen MR) is 128 cm³/mol. The number of hydrogen-bond donors (Lipinski definition) is 0. The van der Waals surface area contributed by atoms with E-state index in [-0.39, 0.29) is 23.7 Å². The van der Waals surface area contributed by atoms with Crippen molar-refractivity contribution in [3.63, 3.8) is 0 Å². The number of methoxy groups -OCH3 is 2. The Hall–Kier alpha value is -4.07. The second kappa shape index (κ2) is 8.94. The average molecular weight is 478 g/mol. The molecule has 0 fully saturated rings. The van der Waals surface area contributed by atoms with E-state index >= 15 is 0 Å². The summed E-state index contributed by atoms with van der Waals surface area (Å²) in [5, 5.41) is 1.09. The van der Waals surface area contributed by atoms with Crippen molar-refractivity contribution in [1.82, 2.24) is 0 Å². The number of fused-ring (bicyclic) bond motifs is 2. The van der Waals surface area contributed by atoms with Crippen LogP contribution in [0.4, 0.5) is 4.79 Å². The van der Waals surface area contributed by atoms with Gasteiger partial charge in [0.05, 0.1) is 19.8 Å². The van der Waals surface area contributed by atoms with Crippen molar-refractivity contribution in [1.29, 1.82) is 0 Å². The summed E-state index contributed by atoms with van der Waals surface area (Å²) in [7, 11) is 3.00. The Kier molecular flexibility index (Phi) is 6.15. The second-order valence-corrected chi connectivity index (χ2v) is 9.09. The molecule has 35 heavy (non-hydrogen) atoms. The van der Waals surface area contributed by atoms with E-state index in [0.29, 0.717) is 44.5 Å². The van der Waals surface area contributed by atoms with Gasteiger partial charge >= 0.3 is 12.1 Å². The molecular formula is C27H26O8. The smallest absolute Gasteiger partial charge is 0.493 e. The molecule has 0 amide bonds. The van der Waals surface area contributed by atoms with Crippen molar-refractivity contribution in [3.8, 4) is 28.4 Å². The molecule has 0 aromatic heterocycles. The molecule has 0 spiro atoms. The molecule has 1 aliphatic rings. The summed E-state index contributed by atoms with van der Waals surface area (Å²) in [6.07, 6.45) is -0.909. The van der Waals surface area contributed by atoms with E-state index in [0.717, 1.165) is 0 Å². The molecular weight excluding hydrogens is 452 g/mol. The van der Waals surface area contributed by atoms with Crippen LogP contribution in [0.1, 0.15) is 54.0 Å². The highest BCUT2D eigenvalue weighted by Crippen LogP contribution is 2.48. The number of carbonyl (C=O) groups excluding carboxylic acids is 3. The minimum absolute atomic E-state index is 0.0708. The van der Waals surface area contributed by atoms with Crippen LogP contribution in [0.2, 0.25) is 0 Å². The Bertz CT molecular complexity index is 1350. The van der Waals surface area contributed by atoms with Crippen LogP contribution in [0.3, 0.4) is 0 Å². The topological polar surface area (TPSA) is 97.4 Å². The van der Waals surface area contributed by atoms with Gasteiger partial charge in [0.25, 0.3) is 0 Å². The normalized spacial score (nSPS) is 12.7. The van der Waals surface area contributed by atoms with Crippen molar-refractivity contribution in [2.24, 2.45) is 0 Å². The lowest BCUT2D eigenvalue weighted by Gasteiger charge is -2.21. The highest BCUT2D eigenvalue weighted by Gasteiger charge is 2.34. The van der Waals surface area contributed by atoms with E-state index in [4.69, 9.17) is 23.7 Å². The lowest BCUT2D eigenvalue weighted by atomic mass is 9.89. The second-order valence-electron chi connectivity index (χ2n) is 9.09. The van der Waals surface area contributed by atoms with Crippen LogP contribution >= 0.6 is 0 Å². The van der Waals surface area contributed by atoms with Crippen molar-refractivity contribution < 1.29 is 38.1 Å². The fraction of sp³-hybridized carbons (Fsp3) is 0.296. The zero-order chi connectivity index (χ0) is 25.5. The zero-order valence-corrected chi connectivity index (χ0v) is 20.4. The van der Waals surface area contributed by atoms with Crippen LogP contribution in [-0.4, -0.2) is 37.7 Å². The maximum absolute atomic E-state index is 12.9. The standard InChI is InChI=1S/C27H26O8/c1-14(28)15-7-9-16(10-8-15)22-17-11-20(31-5)21(32-6)12-18(17)24(19-13-33-25(29)23(19)22)34-26(30)35-27(2,3)4/h7-12H,13H2,1-6H3. The first-order valence-electron chi connectivity index (χ1n) is 11.0.